The number of rotatable bonds is 8. The number of hydrogen-bond acceptors (Lipinski definition) is 4. The van der Waals surface area contributed by atoms with E-state index in [4.69, 9.17) is 11.6 Å². The molecule has 0 saturated heterocycles. The van der Waals surface area contributed by atoms with E-state index in [1.165, 1.54) is 11.3 Å². The number of imidazole rings is 1. The van der Waals surface area contributed by atoms with Gasteiger partial charge in [0.1, 0.15) is 0 Å². The molecule has 28 heavy (non-hydrogen) atoms. The molecule has 0 radical (unpaired) electrons. The predicted molar refractivity (Wildman–Crippen MR) is 112 cm³/mol. The molecule has 0 aliphatic heterocycles. The number of thiophene rings is 1. The lowest BCUT2D eigenvalue weighted by Crippen LogP contribution is -2.30. The van der Waals surface area contributed by atoms with Crippen molar-refractivity contribution in [3.63, 3.8) is 0 Å². The van der Waals surface area contributed by atoms with Gasteiger partial charge in [-0.2, -0.15) is 0 Å². The molecule has 6 nitrogen and oxygen atoms in total. The number of nitrogens with zero attached hydrogens (tertiary/aromatic N) is 3. The molecule has 1 N–H and O–H groups in total. The number of aryl methyl sites for hydroxylation is 1. The van der Waals surface area contributed by atoms with Gasteiger partial charge in [-0.15, -0.1) is 11.3 Å². The van der Waals surface area contributed by atoms with Crippen LogP contribution in [0.4, 0.5) is 5.69 Å². The first-order valence-electron chi connectivity index (χ1n) is 8.94. The maximum atomic E-state index is 12.9. The van der Waals surface area contributed by atoms with E-state index in [0.717, 1.165) is 4.88 Å². The van der Waals surface area contributed by atoms with Gasteiger partial charge in [0.25, 0.3) is 5.91 Å². The van der Waals surface area contributed by atoms with Crippen molar-refractivity contribution in [3.05, 3.63) is 69.9 Å². The van der Waals surface area contributed by atoms with Gasteiger partial charge in [0, 0.05) is 48.0 Å². The quantitative estimate of drug-likeness (QED) is 0.595. The van der Waals surface area contributed by atoms with Gasteiger partial charge in [-0.3, -0.25) is 9.59 Å². The first-order valence-corrected chi connectivity index (χ1v) is 10.1. The van der Waals surface area contributed by atoms with Crippen LogP contribution in [-0.2, 0) is 17.9 Å². The van der Waals surface area contributed by atoms with Crippen molar-refractivity contribution in [3.8, 4) is 0 Å². The molecule has 1 aromatic carbocycles. The summed E-state index contributed by atoms with van der Waals surface area (Å²) in [5, 5.41) is 2.85. The minimum Gasteiger partial charge on any atom is -0.337 e. The van der Waals surface area contributed by atoms with E-state index >= 15 is 0 Å². The van der Waals surface area contributed by atoms with Crippen molar-refractivity contribution >= 4 is 40.4 Å². The SMILES string of the molecule is CCN(Cc1ccc(Cl)s1)C(=O)c1cccc(NC(=O)CCn2ccnc2)c1. The summed E-state index contributed by atoms with van der Waals surface area (Å²) >= 11 is 7.45. The standard InChI is InChI=1S/C20H21ClN4O2S/c1-2-25(13-17-6-7-18(21)28-17)20(27)15-4-3-5-16(12-15)23-19(26)8-10-24-11-9-22-14-24/h3-7,9,11-12,14H,2,8,10,13H2,1H3,(H,23,26). The van der Waals surface area contributed by atoms with E-state index in [-0.39, 0.29) is 11.8 Å². The second-order valence-electron chi connectivity index (χ2n) is 6.20. The Bertz CT molecular complexity index is 939. The zero-order chi connectivity index (χ0) is 19.9. The summed E-state index contributed by atoms with van der Waals surface area (Å²) in [7, 11) is 0. The van der Waals surface area contributed by atoms with Gasteiger partial charge >= 0.3 is 0 Å². The summed E-state index contributed by atoms with van der Waals surface area (Å²) in [6, 6.07) is 10.8. The monoisotopic (exact) mass is 416 g/mol. The predicted octanol–water partition coefficient (Wildman–Crippen LogP) is 4.29. The molecule has 3 aromatic rings. The highest BCUT2D eigenvalue weighted by Crippen LogP contribution is 2.23. The van der Waals surface area contributed by atoms with Crippen LogP contribution in [0.25, 0.3) is 0 Å². The van der Waals surface area contributed by atoms with Crippen molar-refractivity contribution in [1.29, 1.82) is 0 Å². The zero-order valence-electron chi connectivity index (χ0n) is 15.5. The van der Waals surface area contributed by atoms with Crippen LogP contribution in [0.5, 0.6) is 0 Å². The smallest absolute Gasteiger partial charge is 0.254 e. The van der Waals surface area contributed by atoms with Crippen LogP contribution in [-0.4, -0.2) is 32.8 Å². The number of anilines is 1. The van der Waals surface area contributed by atoms with E-state index in [1.54, 1.807) is 41.7 Å². The van der Waals surface area contributed by atoms with E-state index in [9.17, 15) is 9.59 Å². The molecule has 0 saturated carbocycles. The van der Waals surface area contributed by atoms with Crippen LogP contribution < -0.4 is 5.32 Å². The number of carbonyl (C=O) groups is 2. The molecule has 0 aliphatic rings. The number of carbonyl (C=O) groups excluding carboxylic acids is 2. The van der Waals surface area contributed by atoms with Crippen LogP contribution >= 0.6 is 22.9 Å². The Morgan fingerprint density at radius 1 is 1.29 bits per heavy atom. The van der Waals surface area contributed by atoms with E-state index in [1.807, 2.05) is 29.8 Å². The third-order valence-corrected chi connectivity index (χ3v) is 5.41. The minimum atomic E-state index is -0.112. The Hall–Kier alpha value is -2.64. The maximum absolute atomic E-state index is 12.9. The highest BCUT2D eigenvalue weighted by atomic mass is 35.5. The van der Waals surface area contributed by atoms with Crippen molar-refractivity contribution in [1.82, 2.24) is 14.5 Å². The molecular weight excluding hydrogens is 396 g/mol. The molecular formula is C20H21ClN4O2S. The summed E-state index contributed by atoms with van der Waals surface area (Å²) in [5.74, 6) is -0.194. The highest BCUT2D eigenvalue weighted by Gasteiger charge is 2.16. The number of aromatic nitrogens is 2. The lowest BCUT2D eigenvalue weighted by molar-refractivity contribution is -0.116. The second kappa shape index (κ2) is 9.52. The maximum Gasteiger partial charge on any atom is 0.254 e. The Morgan fingerprint density at radius 3 is 2.82 bits per heavy atom. The van der Waals surface area contributed by atoms with Gasteiger partial charge in [0.05, 0.1) is 17.2 Å². The van der Waals surface area contributed by atoms with Gasteiger partial charge in [0.15, 0.2) is 0 Å². The minimum absolute atomic E-state index is 0.0819. The summed E-state index contributed by atoms with van der Waals surface area (Å²) in [6.07, 6.45) is 5.49. The number of halogens is 1. The molecule has 3 rings (SSSR count). The van der Waals surface area contributed by atoms with Crippen molar-refractivity contribution in [2.24, 2.45) is 0 Å². The number of nitrogens with one attached hydrogen (secondary N) is 1. The first-order chi connectivity index (χ1) is 13.5. The van der Waals surface area contributed by atoms with Gasteiger partial charge in [-0.1, -0.05) is 17.7 Å². The summed E-state index contributed by atoms with van der Waals surface area (Å²) < 4.78 is 2.55. The third kappa shape index (κ3) is 5.43. The van der Waals surface area contributed by atoms with E-state index in [0.29, 0.717) is 41.6 Å². The van der Waals surface area contributed by atoms with Gasteiger partial charge in [-0.25, -0.2) is 4.98 Å². The Kier molecular flexibility index (Phi) is 6.84. The topological polar surface area (TPSA) is 67.2 Å². The molecule has 2 amide bonds. The normalized spacial score (nSPS) is 10.6. The molecule has 146 valence electrons. The van der Waals surface area contributed by atoms with Crippen LogP contribution in [0, 0.1) is 0 Å². The van der Waals surface area contributed by atoms with Crippen LogP contribution in [0.15, 0.2) is 55.1 Å². The summed E-state index contributed by atoms with van der Waals surface area (Å²) in [6.45, 7) is 3.58. The average molecular weight is 417 g/mol. The molecule has 0 atom stereocenters. The first kappa shape index (κ1) is 20.1. The fourth-order valence-corrected chi connectivity index (χ4v) is 3.84. The molecule has 0 aliphatic carbocycles. The second-order valence-corrected chi connectivity index (χ2v) is 8.00. The van der Waals surface area contributed by atoms with Gasteiger partial charge in [-0.05, 0) is 37.3 Å². The van der Waals surface area contributed by atoms with Crippen LogP contribution in [0.2, 0.25) is 4.34 Å². The molecule has 0 bridgehead atoms. The molecule has 8 heteroatoms. The molecule has 0 unspecified atom stereocenters. The van der Waals surface area contributed by atoms with Crippen LogP contribution in [0.3, 0.4) is 0 Å². The Morgan fingerprint density at radius 2 is 2.14 bits per heavy atom. The largest absolute Gasteiger partial charge is 0.337 e. The number of benzene rings is 1. The fraction of sp³-hybridized carbons (Fsp3) is 0.250. The van der Waals surface area contributed by atoms with E-state index < -0.39 is 0 Å². The van der Waals surface area contributed by atoms with Gasteiger partial charge in [0.2, 0.25) is 5.91 Å². The molecule has 2 heterocycles. The number of amides is 2. The average Bonchev–Trinajstić information content (AvgIpc) is 3.36. The molecule has 0 fully saturated rings. The van der Waals surface area contributed by atoms with Crippen molar-refractivity contribution < 1.29 is 9.59 Å². The molecule has 2 aromatic heterocycles. The lowest BCUT2D eigenvalue weighted by Gasteiger charge is -2.20. The third-order valence-electron chi connectivity index (χ3n) is 4.19. The summed E-state index contributed by atoms with van der Waals surface area (Å²) in [4.78, 5) is 31.8. The lowest BCUT2D eigenvalue weighted by atomic mass is 10.1. The molecule has 0 spiro atoms. The summed E-state index contributed by atoms with van der Waals surface area (Å²) in [5.41, 5.74) is 1.15. The van der Waals surface area contributed by atoms with Crippen LogP contribution in [0.1, 0.15) is 28.6 Å². The Labute approximate surface area is 172 Å². The highest BCUT2D eigenvalue weighted by molar-refractivity contribution is 7.16. The Balaban J connectivity index is 1.62. The van der Waals surface area contributed by atoms with E-state index in [2.05, 4.69) is 10.3 Å². The number of hydrogen-bond donors (Lipinski definition) is 1. The van der Waals surface area contributed by atoms with Crippen molar-refractivity contribution in [2.45, 2.75) is 26.4 Å². The van der Waals surface area contributed by atoms with Crippen molar-refractivity contribution in [2.75, 3.05) is 11.9 Å². The fourth-order valence-electron chi connectivity index (χ4n) is 2.74. The van der Waals surface area contributed by atoms with Gasteiger partial charge < -0.3 is 14.8 Å². The zero-order valence-corrected chi connectivity index (χ0v) is 17.0.